The maximum Gasteiger partial charge on any atom is 0.167 e. The fraction of sp³-hybridized carbons (Fsp3) is 0.300. The van der Waals surface area contributed by atoms with E-state index < -0.39 is 42.8 Å². The Bertz CT molecular complexity index is 1930. The van der Waals surface area contributed by atoms with E-state index in [0.717, 1.165) is 32.3 Å². The molecular formula is C30H27N5O6. The Morgan fingerprint density at radius 2 is 1.68 bits per heavy atom. The average molecular weight is 554 g/mol. The van der Waals surface area contributed by atoms with E-state index in [-0.39, 0.29) is 13.0 Å². The van der Waals surface area contributed by atoms with Crippen LogP contribution in [0.25, 0.3) is 43.5 Å². The first kappa shape index (κ1) is 24.8. The van der Waals surface area contributed by atoms with E-state index in [1.54, 1.807) is 10.9 Å². The summed E-state index contributed by atoms with van der Waals surface area (Å²) in [6.45, 7) is -0.304. The first-order valence-electron chi connectivity index (χ1n) is 13.6. The number of anilines is 1. The molecule has 11 heteroatoms. The van der Waals surface area contributed by atoms with Gasteiger partial charge in [0.15, 0.2) is 17.0 Å². The molecule has 6 aromatic rings. The van der Waals surface area contributed by atoms with Gasteiger partial charge in [-0.25, -0.2) is 15.0 Å². The quantitative estimate of drug-likeness (QED) is 0.178. The minimum atomic E-state index is -1.44. The van der Waals surface area contributed by atoms with E-state index in [0.29, 0.717) is 28.1 Å². The molecule has 0 amide bonds. The number of hydrogen-bond donors (Lipinski definition) is 6. The maximum absolute atomic E-state index is 11.3. The third kappa shape index (κ3) is 3.51. The Balaban J connectivity index is 1.28. The minimum absolute atomic E-state index is 0.265. The largest absolute Gasteiger partial charge is 0.394 e. The second-order valence-corrected chi connectivity index (χ2v) is 10.9. The highest BCUT2D eigenvalue weighted by molar-refractivity contribution is 6.24. The molecule has 4 aromatic carbocycles. The summed E-state index contributed by atoms with van der Waals surface area (Å²) in [5.41, 5.74) is 2.07. The van der Waals surface area contributed by atoms with Crippen molar-refractivity contribution in [3.05, 3.63) is 72.3 Å². The van der Waals surface area contributed by atoms with Gasteiger partial charge in [0.25, 0.3) is 0 Å². The van der Waals surface area contributed by atoms with Crippen molar-refractivity contribution in [3.8, 4) is 0 Å². The van der Waals surface area contributed by atoms with Gasteiger partial charge in [-0.15, -0.1) is 0 Å². The number of nitrogens with zero attached hydrogens (tertiary/aromatic N) is 4. The normalized spacial score (nSPS) is 28.3. The summed E-state index contributed by atoms with van der Waals surface area (Å²) < 4.78 is 7.48. The number of imidazole rings is 1. The number of hydrogen-bond acceptors (Lipinski definition) is 10. The number of nitrogens with one attached hydrogen (secondary N) is 1. The lowest BCUT2D eigenvalue weighted by Gasteiger charge is -2.39. The van der Waals surface area contributed by atoms with E-state index in [2.05, 4.69) is 38.5 Å². The molecule has 3 heterocycles. The standard InChI is InChI=1S/C30H27N5O6/c36-10-19-18(37)9-20(41-19)35-12-33-25-29(31-11-32-30(25)35)34-24-23-16-7-6-14-3-1-2-13-4-5-15(22(16)21(13)14)8-17(23)26(38)28(40)27(24)39/h1-8,11-12,18-20,24,26-28,36-40H,9-10H2,(H,31,32,34)/t18-,19+,20+,24+,26+,27+,28-/m0/s1. The van der Waals surface area contributed by atoms with Crippen LogP contribution < -0.4 is 5.32 Å². The summed E-state index contributed by atoms with van der Waals surface area (Å²) >= 11 is 0. The highest BCUT2D eigenvalue weighted by Crippen LogP contribution is 2.46. The van der Waals surface area contributed by atoms with E-state index in [1.807, 2.05) is 30.3 Å². The summed E-state index contributed by atoms with van der Waals surface area (Å²) in [4.78, 5) is 13.3. The first-order valence-corrected chi connectivity index (χ1v) is 13.6. The Labute approximate surface area is 232 Å². The highest BCUT2D eigenvalue weighted by Gasteiger charge is 2.43. The Morgan fingerprint density at radius 3 is 2.46 bits per heavy atom. The van der Waals surface area contributed by atoms with Crippen LogP contribution in [0.15, 0.2) is 61.2 Å². The summed E-state index contributed by atoms with van der Waals surface area (Å²) in [7, 11) is 0. The molecule has 8 rings (SSSR count). The molecule has 1 saturated heterocycles. The maximum atomic E-state index is 11.3. The zero-order valence-corrected chi connectivity index (χ0v) is 21.7. The molecule has 0 unspecified atom stereocenters. The van der Waals surface area contributed by atoms with Gasteiger partial charge in [0.1, 0.15) is 37.0 Å². The van der Waals surface area contributed by atoms with Gasteiger partial charge in [0, 0.05) is 6.42 Å². The molecule has 1 fully saturated rings. The summed E-state index contributed by atoms with van der Waals surface area (Å²) in [5.74, 6) is 0.329. The Kier molecular flexibility index (Phi) is 5.45. The third-order valence-corrected chi connectivity index (χ3v) is 8.71. The number of aliphatic hydroxyl groups is 5. The van der Waals surface area contributed by atoms with Crippen molar-refractivity contribution >= 4 is 49.3 Å². The van der Waals surface area contributed by atoms with Gasteiger partial charge >= 0.3 is 0 Å². The predicted octanol–water partition coefficient (Wildman–Crippen LogP) is 2.29. The predicted molar refractivity (Wildman–Crippen MR) is 150 cm³/mol. The van der Waals surface area contributed by atoms with Crippen LogP contribution in [0.3, 0.4) is 0 Å². The third-order valence-electron chi connectivity index (χ3n) is 8.71. The van der Waals surface area contributed by atoms with Crippen molar-refractivity contribution in [2.75, 3.05) is 11.9 Å². The lowest BCUT2D eigenvalue weighted by molar-refractivity contribution is -0.0766. The molecule has 0 saturated carbocycles. The minimum Gasteiger partial charge on any atom is -0.394 e. The molecule has 0 bridgehead atoms. The lowest BCUT2D eigenvalue weighted by Crippen LogP contribution is -2.44. The van der Waals surface area contributed by atoms with Crippen LogP contribution in [-0.4, -0.2) is 76.1 Å². The van der Waals surface area contributed by atoms with Gasteiger partial charge in [0.05, 0.1) is 25.1 Å². The van der Waals surface area contributed by atoms with Gasteiger partial charge in [-0.3, -0.25) is 4.57 Å². The number of benzene rings is 4. The van der Waals surface area contributed by atoms with Gasteiger partial charge in [-0.05, 0) is 49.5 Å². The molecule has 11 nitrogen and oxygen atoms in total. The van der Waals surface area contributed by atoms with Crippen LogP contribution in [0, 0.1) is 0 Å². The second-order valence-electron chi connectivity index (χ2n) is 10.9. The molecule has 41 heavy (non-hydrogen) atoms. The Hall–Kier alpha value is -3.97. The van der Waals surface area contributed by atoms with Crippen LogP contribution in [0.5, 0.6) is 0 Å². The monoisotopic (exact) mass is 553 g/mol. The van der Waals surface area contributed by atoms with Crippen molar-refractivity contribution in [2.45, 2.75) is 49.2 Å². The molecule has 7 atom stereocenters. The van der Waals surface area contributed by atoms with E-state index >= 15 is 0 Å². The van der Waals surface area contributed by atoms with E-state index in [9.17, 15) is 25.5 Å². The lowest BCUT2D eigenvalue weighted by atomic mass is 9.77. The van der Waals surface area contributed by atoms with Gasteiger partial charge in [-0.1, -0.05) is 42.5 Å². The molecule has 0 spiro atoms. The van der Waals surface area contributed by atoms with Crippen molar-refractivity contribution in [1.82, 2.24) is 19.5 Å². The molecular weight excluding hydrogens is 526 g/mol. The Morgan fingerprint density at radius 1 is 0.902 bits per heavy atom. The zero-order chi connectivity index (χ0) is 28.0. The molecule has 1 aliphatic heterocycles. The molecule has 6 N–H and O–H groups in total. The van der Waals surface area contributed by atoms with Crippen LogP contribution >= 0.6 is 0 Å². The zero-order valence-electron chi connectivity index (χ0n) is 21.7. The van der Waals surface area contributed by atoms with Crippen LogP contribution in [0.1, 0.15) is 35.9 Å². The van der Waals surface area contributed by atoms with Crippen molar-refractivity contribution in [2.24, 2.45) is 0 Å². The van der Waals surface area contributed by atoms with Crippen LogP contribution in [0.2, 0.25) is 0 Å². The SMILES string of the molecule is OC[C@H]1O[C@@H](n2cnc3c(N[C@@H]4c5c(cc6ccc7cccc8ccc5c6c78)[C@@H](O)[C@H](O)[C@@H]4O)ncnc32)C[C@@H]1O. The van der Waals surface area contributed by atoms with Crippen molar-refractivity contribution < 1.29 is 30.3 Å². The van der Waals surface area contributed by atoms with Crippen LogP contribution in [-0.2, 0) is 4.74 Å². The summed E-state index contributed by atoms with van der Waals surface area (Å²) in [6.07, 6.45) is -3.00. The van der Waals surface area contributed by atoms with Gasteiger partial charge in [-0.2, -0.15) is 0 Å². The highest BCUT2D eigenvalue weighted by atomic mass is 16.5. The van der Waals surface area contributed by atoms with Gasteiger partial charge < -0.3 is 35.6 Å². The molecule has 1 aliphatic carbocycles. The van der Waals surface area contributed by atoms with E-state index in [1.165, 1.54) is 6.33 Å². The number of aromatic nitrogens is 4. The number of aliphatic hydroxyl groups excluding tert-OH is 5. The fourth-order valence-electron chi connectivity index (χ4n) is 6.71. The second kappa shape index (κ2) is 9.02. The average Bonchev–Trinajstić information content (AvgIpc) is 3.60. The molecule has 2 aromatic heterocycles. The fourth-order valence-corrected chi connectivity index (χ4v) is 6.71. The van der Waals surface area contributed by atoms with Crippen molar-refractivity contribution in [1.29, 1.82) is 0 Å². The van der Waals surface area contributed by atoms with E-state index in [4.69, 9.17) is 4.74 Å². The molecule has 0 radical (unpaired) electrons. The number of rotatable bonds is 4. The topological polar surface area (TPSA) is 166 Å². The van der Waals surface area contributed by atoms with Gasteiger partial charge in [0.2, 0.25) is 0 Å². The van der Waals surface area contributed by atoms with Crippen molar-refractivity contribution in [3.63, 3.8) is 0 Å². The number of fused-ring (bicyclic) bond motifs is 3. The molecule has 208 valence electrons. The van der Waals surface area contributed by atoms with Crippen LogP contribution in [0.4, 0.5) is 5.82 Å². The summed E-state index contributed by atoms with van der Waals surface area (Å²) in [5, 5.41) is 62.5. The first-order chi connectivity index (χ1) is 19.9. The number of ether oxygens (including phenoxy) is 1. The smallest absolute Gasteiger partial charge is 0.167 e. The summed E-state index contributed by atoms with van der Waals surface area (Å²) in [6, 6.07) is 15.3. The molecule has 2 aliphatic rings.